The number of H-pyrrole nitrogens is 1. The van der Waals surface area contributed by atoms with Crippen LogP contribution in [0.25, 0.3) is 11.1 Å². The molecule has 16 heavy (non-hydrogen) atoms. The first kappa shape index (κ1) is 10.5. The molecule has 0 bridgehead atoms. The van der Waals surface area contributed by atoms with E-state index in [0.29, 0.717) is 5.69 Å². The zero-order valence-corrected chi connectivity index (χ0v) is 9.03. The second kappa shape index (κ2) is 4.23. The summed E-state index contributed by atoms with van der Waals surface area (Å²) in [5.74, 6) is 0.202. The van der Waals surface area contributed by atoms with Gasteiger partial charge in [-0.2, -0.15) is 0 Å². The topological polar surface area (TPSA) is 53.1 Å². The number of aromatic amines is 1. The molecule has 0 saturated carbocycles. The van der Waals surface area contributed by atoms with Crippen molar-refractivity contribution in [3.05, 3.63) is 41.7 Å². The lowest BCUT2D eigenvalue weighted by Gasteiger charge is -1.99. The molecule has 2 aromatic rings. The molecule has 0 fully saturated rings. The van der Waals surface area contributed by atoms with Crippen molar-refractivity contribution in [3.63, 3.8) is 0 Å². The second-order valence-corrected chi connectivity index (χ2v) is 3.64. The van der Waals surface area contributed by atoms with Crippen molar-refractivity contribution < 1.29 is 9.90 Å². The quantitative estimate of drug-likeness (QED) is 0.773. The smallest absolute Gasteiger partial charge is 0.166 e. The van der Waals surface area contributed by atoms with Crippen LogP contribution in [-0.2, 0) is 6.42 Å². The Labute approximate surface area is 93.7 Å². The van der Waals surface area contributed by atoms with Crippen LogP contribution in [0.1, 0.15) is 23.1 Å². The summed E-state index contributed by atoms with van der Waals surface area (Å²) >= 11 is 0. The number of phenolic OH excluding ortho intramolecular Hbond substituents is 1. The minimum atomic E-state index is 0.202. The fourth-order valence-corrected chi connectivity index (χ4v) is 1.72. The molecule has 0 aliphatic carbocycles. The van der Waals surface area contributed by atoms with Crippen LogP contribution in [0, 0.1) is 0 Å². The van der Waals surface area contributed by atoms with Gasteiger partial charge in [0, 0.05) is 11.3 Å². The van der Waals surface area contributed by atoms with Gasteiger partial charge in [0.2, 0.25) is 0 Å². The first-order valence-electron chi connectivity index (χ1n) is 5.21. The zero-order valence-electron chi connectivity index (χ0n) is 9.03. The summed E-state index contributed by atoms with van der Waals surface area (Å²) in [6, 6.07) is 8.83. The maximum Gasteiger partial charge on any atom is 0.166 e. The van der Waals surface area contributed by atoms with Gasteiger partial charge in [0.15, 0.2) is 6.29 Å². The number of aryl methyl sites for hydroxylation is 1. The number of rotatable bonds is 3. The summed E-state index contributed by atoms with van der Waals surface area (Å²) in [4.78, 5) is 14.0. The molecular formula is C13H13NO2. The zero-order chi connectivity index (χ0) is 11.5. The Morgan fingerprint density at radius 2 is 2.19 bits per heavy atom. The standard InChI is InChI=1S/C13H13NO2/c1-2-10-7-12(13(8-15)14-10)9-4-3-5-11(16)6-9/h3-8,14,16H,2H2,1H3. The molecule has 0 spiro atoms. The third-order valence-electron chi connectivity index (χ3n) is 2.56. The Bertz CT molecular complexity index is 514. The van der Waals surface area contributed by atoms with E-state index >= 15 is 0 Å². The van der Waals surface area contributed by atoms with E-state index < -0.39 is 0 Å². The molecule has 1 aromatic heterocycles. The fraction of sp³-hybridized carbons (Fsp3) is 0.154. The number of nitrogens with one attached hydrogen (secondary N) is 1. The number of aromatic nitrogens is 1. The second-order valence-electron chi connectivity index (χ2n) is 3.64. The predicted molar refractivity (Wildman–Crippen MR) is 62.7 cm³/mol. The molecule has 0 aliphatic rings. The molecule has 0 saturated heterocycles. The molecule has 2 rings (SSSR count). The van der Waals surface area contributed by atoms with Gasteiger partial charge in [-0.25, -0.2) is 0 Å². The van der Waals surface area contributed by atoms with Crippen LogP contribution in [0.4, 0.5) is 0 Å². The van der Waals surface area contributed by atoms with Crippen LogP contribution in [-0.4, -0.2) is 16.4 Å². The number of hydrogen-bond acceptors (Lipinski definition) is 2. The van der Waals surface area contributed by atoms with Gasteiger partial charge in [0.25, 0.3) is 0 Å². The van der Waals surface area contributed by atoms with Crippen molar-refractivity contribution in [1.29, 1.82) is 0 Å². The number of carbonyl (C=O) groups is 1. The van der Waals surface area contributed by atoms with Crippen molar-refractivity contribution in [2.45, 2.75) is 13.3 Å². The largest absolute Gasteiger partial charge is 0.508 e. The molecule has 0 atom stereocenters. The Morgan fingerprint density at radius 1 is 1.38 bits per heavy atom. The predicted octanol–water partition coefficient (Wildman–Crippen LogP) is 2.76. The van der Waals surface area contributed by atoms with Crippen molar-refractivity contribution in [3.8, 4) is 16.9 Å². The molecule has 1 heterocycles. The van der Waals surface area contributed by atoms with Crippen molar-refractivity contribution in [2.75, 3.05) is 0 Å². The molecule has 3 heteroatoms. The molecule has 82 valence electrons. The highest BCUT2D eigenvalue weighted by Crippen LogP contribution is 2.26. The molecule has 0 aliphatic heterocycles. The van der Waals surface area contributed by atoms with Crippen molar-refractivity contribution >= 4 is 6.29 Å². The van der Waals surface area contributed by atoms with Crippen LogP contribution in [0.2, 0.25) is 0 Å². The van der Waals surface area contributed by atoms with Gasteiger partial charge in [0.05, 0.1) is 5.69 Å². The summed E-state index contributed by atoms with van der Waals surface area (Å²) in [6.07, 6.45) is 1.65. The number of aldehydes is 1. The average molecular weight is 215 g/mol. The van der Waals surface area contributed by atoms with Gasteiger partial charge in [0.1, 0.15) is 5.75 Å². The summed E-state index contributed by atoms with van der Waals surface area (Å²) < 4.78 is 0. The SMILES string of the molecule is CCc1cc(-c2cccc(O)c2)c(C=O)[nH]1. The lowest BCUT2D eigenvalue weighted by Crippen LogP contribution is -1.84. The highest BCUT2D eigenvalue weighted by Gasteiger charge is 2.08. The highest BCUT2D eigenvalue weighted by molar-refractivity contribution is 5.86. The highest BCUT2D eigenvalue weighted by atomic mass is 16.3. The molecular weight excluding hydrogens is 202 g/mol. The van der Waals surface area contributed by atoms with Gasteiger partial charge >= 0.3 is 0 Å². The monoisotopic (exact) mass is 215 g/mol. The van der Waals surface area contributed by atoms with Gasteiger partial charge in [-0.1, -0.05) is 19.1 Å². The molecule has 3 nitrogen and oxygen atoms in total. The van der Waals surface area contributed by atoms with E-state index in [2.05, 4.69) is 4.98 Å². The number of benzene rings is 1. The van der Waals surface area contributed by atoms with E-state index in [1.165, 1.54) is 0 Å². The van der Waals surface area contributed by atoms with E-state index in [1.54, 1.807) is 18.2 Å². The van der Waals surface area contributed by atoms with E-state index in [0.717, 1.165) is 29.5 Å². The Hall–Kier alpha value is -2.03. The Kier molecular flexibility index (Phi) is 2.77. The average Bonchev–Trinajstić information content (AvgIpc) is 2.72. The fourth-order valence-electron chi connectivity index (χ4n) is 1.72. The van der Waals surface area contributed by atoms with E-state index in [1.807, 2.05) is 19.1 Å². The van der Waals surface area contributed by atoms with Gasteiger partial charge in [-0.3, -0.25) is 4.79 Å². The minimum Gasteiger partial charge on any atom is -0.508 e. The van der Waals surface area contributed by atoms with Gasteiger partial charge in [-0.05, 0) is 30.2 Å². The first-order valence-corrected chi connectivity index (χ1v) is 5.21. The Morgan fingerprint density at radius 3 is 2.81 bits per heavy atom. The molecule has 2 N–H and O–H groups in total. The van der Waals surface area contributed by atoms with Crippen LogP contribution in [0.3, 0.4) is 0 Å². The Balaban J connectivity index is 2.54. The maximum atomic E-state index is 10.9. The summed E-state index contributed by atoms with van der Waals surface area (Å²) in [5.41, 5.74) is 3.25. The third-order valence-corrected chi connectivity index (χ3v) is 2.56. The molecule has 0 unspecified atom stereocenters. The summed E-state index contributed by atoms with van der Waals surface area (Å²) in [6.45, 7) is 2.02. The normalized spacial score (nSPS) is 10.3. The lowest BCUT2D eigenvalue weighted by atomic mass is 10.1. The number of carbonyl (C=O) groups excluding carboxylic acids is 1. The van der Waals surface area contributed by atoms with Crippen LogP contribution >= 0.6 is 0 Å². The molecule has 0 radical (unpaired) electrons. The van der Waals surface area contributed by atoms with E-state index in [9.17, 15) is 9.90 Å². The first-order chi connectivity index (χ1) is 7.74. The third kappa shape index (κ3) is 1.84. The van der Waals surface area contributed by atoms with E-state index in [4.69, 9.17) is 0 Å². The number of hydrogen-bond donors (Lipinski definition) is 2. The lowest BCUT2D eigenvalue weighted by molar-refractivity contribution is 0.112. The van der Waals surface area contributed by atoms with E-state index in [-0.39, 0.29) is 5.75 Å². The van der Waals surface area contributed by atoms with Gasteiger partial charge < -0.3 is 10.1 Å². The summed E-state index contributed by atoms with van der Waals surface area (Å²) in [7, 11) is 0. The number of phenols is 1. The number of aromatic hydroxyl groups is 1. The van der Waals surface area contributed by atoms with Gasteiger partial charge in [-0.15, -0.1) is 0 Å². The van der Waals surface area contributed by atoms with Crippen LogP contribution in [0.15, 0.2) is 30.3 Å². The maximum absolute atomic E-state index is 10.9. The van der Waals surface area contributed by atoms with Crippen molar-refractivity contribution in [2.24, 2.45) is 0 Å². The minimum absolute atomic E-state index is 0.202. The molecule has 1 aromatic carbocycles. The van der Waals surface area contributed by atoms with Crippen LogP contribution < -0.4 is 0 Å². The van der Waals surface area contributed by atoms with Crippen LogP contribution in [0.5, 0.6) is 5.75 Å². The molecule has 0 amide bonds. The van der Waals surface area contributed by atoms with Crippen molar-refractivity contribution in [1.82, 2.24) is 4.98 Å². The summed E-state index contributed by atoms with van der Waals surface area (Å²) in [5, 5.41) is 9.40.